The number of methoxy groups -OCH3 is 1. The van der Waals surface area contributed by atoms with Crippen LogP contribution in [0.1, 0.15) is 33.4 Å². The number of hydrogen-bond acceptors (Lipinski definition) is 5. The number of sulfonamides is 1. The Labute approximate surface area is 205 Å². The van der Waals surface area contributed by atoms with Gasteiger partial charge in [0.1, 0.15) is 5.75 Å². The summed E-state index contributed by atoms with van der Waals surface area (Å²) in [5.74, 6) is -0.482. The topological polar surface area (TPSA) is 96.0 Å². The average Bonchev–Trinajstić information content (AvgIpc) is 2.86. The summed E-state index contributed by atoms with van der Waals surface area (Å²) in [7, 11) is 2.61. The number of ether oxygens (including phenoxy) is 1. The van der Waals surface area contributed by atoms with E-state index < -0.39 is 22.0 Å². The number of fused-ring (bicyclic) bond motifs is 1. The van der Waals surface area contributed by atoms with Crippen molar-refractivity contribution in [3.05, 3.63) is 89.5 Å². The first-order valence-electron chi connectivity index (χ1n) is 11.0. The summed E-state index contributed by atoms with van der Waals surface area (Å²) in [4.78, 5) is 28.5. The minimum atomic E-state index is -3.58. The largest absolute Gasteiger partial charge is 0.497 e. The number of carbonyl (C=O) groups excluding carboxylic acids is 2. The molecule has 0 fully saturated rings. The Hall–Kier alpha value is -3.69. The zero-order valence-electron chi connectivity index (χ0n) is 19.9. The Morgan fingerprint density at radius 3 is 2.20 bits per heavy atom. The third kappa shape index (κ3) is 4.52. The summed E-state index contributed by atoms with van der Waals surface area (Å²) >= 11 is 0. The number of benzene rings is 3. The second-order valence-corrected chi connectivity index (χ2v) is 10.7. The van der Waals surface area contributed by atoms with Gasteiger partial charge in [-0.2, -0.15) is 0 Å². The average molecular weight is 494 g/mol. The van der Waals surface area contributed by atoms with Crippen LogP contribution in [-0.4, -0.2) is 57.7 Å². The fourth-order valence-corrected chi connectivity index (χ4v) is 5.22. The number of nitrogens with one attached hydrogen (secondary N) is 1. The molecule has 0 bridgehead atoms. The van der Waals surface area contributed by atoms with Crippen LogP contribution >= 0.6 is 0 Å². The molecule has 1 aliphatic heterocycles. The van der Waals surface area contributed by atoms with Crippen molar-refractivity contribution in [2.45, 2.75) is 16.9 Å². The maximum Gasteiger partial charge on any atom is 0.254 e. The minimum Gasteiger partial charge on any atom is -0.497 e. The molecular weight excluding hydrogens is 466 g/mol. The van der Waals surface area contributed by atoms with Crippen LogP contribution in [0, 0.1) is 0 Å². The number of carbonyl (C=O) groups is 2. The van der Waals surface area contributed by atoms with Crippen LogP contribution in [-0.2, 0) is 14.8 Å². The Morgan fingerprint density at radius 2 is 1.60 bits per heavy atom. The summed E-state index contributed by atoms with van der Waals surface area (Å²) < 4.78 is 31.1. The molecule has 3 aromatic rings. The Bertz CT molecular complexity index is 1350. The number of hydrogen-bond donors (Lipinski definition) is 1. The van der Waals surface area contributed by atoms with Crippen molar-refractivity contribution < 1.29 is 22.7 Å². The molecule has 1 N–H and O–H groups in total. The lowest BCUT2D eigenvalue weighted by Crippen LogP contribution is -2.44. The third-order valence-corrected chi connectivity index (χ3v) is 8.05. The van der Waals surface area contributed by atoms with Gasteiger partial charge in [-0.1, -0.05) is 30.3 Å². The van der Waals surface area contributed by atoms with Crippen LogP contribution in [0.15, 0.2) is 77.7 Å². The normalized spacial score (nSPS) is 17.7. The van der Waals surface area contributed by atoms with Gasteiger partial charge in [0.15, 0.2) is 0 Å². The predicted octanol–water partition coefficient (Wildman–Crippen LogP) is 3.49. The first kappa shape index (κ1) is 24.4. The summed E-state index contributed by atoms with van der Waals surface area (Å²) in [6.07, 6.45) is 0. The second kappa shape index (κ2) is 9.52. The highest BCUT2D eigenvalue weighted by molar-refractivity contribution is 7.89. The van der Waals surface area contributed by atoms with E-state index in [4.69, 9.17) is 4.74 Å². The van der Waals surface area contributed by atoms with E-state index in [0.717, 1.165) is 9.87 Å². The molecule has 0 unspecified atom stereocenters. The molecule has 0 saturated carbocycles. The molecule has 2 amide bonds. The zero-order valence-corrected chi connectivity index (χ0v) is 20.7. The smallest absolute Gasteiger partial charge is 0.254 e. The molecule has 0 saturated heterocycles. The third-order valence-electron chi connectivity index (χ3n) is 6.22. The lowest BCUT2D eigenvalue weighted by molar-refractivity contribution is -0.119. The van der Waals surface area contributed by atoms with Crippen LogP contribution in [0.2, 0.25) is 0 Å². The number of anilines is 1. The first-order chi connectivity index (χ1) is 16.6. The standard InChI is InChI=1S/C26H27N3O5S/c1-28(2)35(32,33)20-15-11-18(12-16-20)27-25(30)23-21-7-5-6-8-22(21)26(31)29(3)24(23)17-9-13-19(34-4)14-10-17/h5-16,23-24H,1-4H3,(H,27,30)/t23-,24+/m0/s1. The highest BCUT2D eigenvalue weighted by Gasteiger charge is 2.42. The van der Waals surface area contributed by atoms with Crippen molar-refractivity contribution >= 4 is 27.5 Å². The molecule has 4 rings (SSSR count). The first-order valence-corrected chi connectivity index (χ1v) is 12.4. The maximum absolute atomic E-state index is 13.7. The number of nitrogens with zero attached hydrogens (tertiary/aromatic N) is 2. The maximum atomic E-state index is 13.7. The molecule has 3 aromatic carbocycles. The van der Waals surface area contributed by atoms with E-state index in [1.165, 1.54) is 26.2 Å². The van der Waals surface area contributed by atoms with Gasteiger partial charge in [0, 0.05) is 32.4 Å². The highest BCUT2D eigenvalue weighted by atomic mass is 32.2. The van der Waals surface area contributed by atoms with Gasteiger partial charge in [0.05, 0.1) is 24.0 Å². The number of amides is 2. The van der Waals surface area contributed by atoms with Gasteiger partial charge in [-0.15, -0.1) is 0 Å². The monoisotopic (exact) mass is 493 g/mol. The Morgan fingerprint density at radius 1 is 0.971 bits per heavy atom. The van der Waals surface area contributed by atoms with Crippen LogP contribution in [0.25, 0.3) is 0 Å². The zero-order chi connectivity index (χ0) is 25.3. The van der Waals surface area contributed by atoms with Gasteiger partial charge in [0.25, 0.3) is 5.91 Å². The van der Waals surface area contributed by atoms with Crippen LogP contribution in [0.5, 0.6) is 5.75 Å². The van der Waals surface area contributed by atoms with Gasteiger partial charge >= 0.3 is 0 Å². The molecule has 35 heavy (non-hydrogen) atoms. The van der Waals surface area contributed by atoms with Crippen molar-refractivity contribution in [1.29, 1.82) is 0 Å². The fourth-order valence-electron chi connectivity index (χ4n) is 4.32. The van der Waals surface area contributed by atoms with Gasteiger partial charge in [-0.05, 0) is 53.6 Å². The van der Waals surface area contributed by atoms with Crippen molar-refractivity contribution in [3.63, 3.8) is 0 Å². The molecule has 0 spiro atoms. The van der Waals surface area contributed by atoms with Gasteiger partial charge < -0.3 is 15.0 Å². The second-order valence-electron chi connectivity index (χ2n) is 8.50. The van der Waals surface area contributed by atoms with E-state index in [1.807, 2.05) is 18.2 Å². The lowest BCUT2D eigenvalue weighted by Gasteiger charge is -2.39. The molecule has 8 nitrogen and oxygen atoms in total. The van der Waals surface area contributed by atoms with Gasteiger partial charge in [0.2, 0.25) is 15.9 Å². The number of rotatable bonds is 6. The summed E-state index contributed by atoms with van der Waals surface area (Å²) in [6.45, 7) is 0. The molecule has 182 valence electrons. The molecule has 0 aliphatic carbocycles. The number of likely N-dealkylation sites (N-methyl/N-ethyl adjacent to an activating group) is 1. The van der Waals surface area contributed by atoms with Crippen molar-refractivity contribution in [2.75, 3.05) is 33.6 Å². The predicted molar refractivity (Wildman–Crippen MR) is 133 cm³/mol. The van der Waals surface area contributed by atoms with Crippen molar-refractivity contribution in [2.24, 2.45) is 0 Å². The summed E-state index contributed by atoms with van der Waals surface area (Å²) in [5, 5.41) is 2.91. The van der Waals surface area contributed by atoms with Gasteiger partial charge in [-0.3, -0.25) is 9.59 Å². The molecule has 2 atom stereocenters. The lowest BCUT2D eigenvalue weighted by atomic mass is 9.79. The van der Waals surface area contributed by atoms with Crippen molar-refractivity contribution in [3.8, 4) is 5.75 Å². The van der Waals surface area contributed by atoms with E-state index in [-0.39, 0.29) is 16.7 Å². The quantitative estimate of drug-likeness (QED) is 0.567. The molecule has 0 radical (unpaired) electrons. The van der Waals surface area contributed by atoms with Crippen LogP contribution < -0.4 is 10.1 Å². The van der Waals surface area contributed by atoms with Gasteiger partial charge in [-0.25, -0.2) is 12.7 Å². The van der Waals surface area contributed by atoms with Crippen molar-refractivity contribution in [1.82, 2.24) is 9.21 Å². The molecule has 0 aromatic heterocycles. The van der Waals surface area contributed by atoms with E-state index in [9.17, 15) is 18.0 Å². The molecule has 1 aliphatic rings. The fraction of sp³-hybridized carbons (Fsp3) is 0.231. The van der Waals surface area contributed by atoms with Crippen LogP contribution in [0.4, 0.5) is 5.69 Å². The van der Waals surface area contributed by atoms with E-state index in [1.54, 1.807) is 61.5 Å². The van der Waals surface area contributed by atoms with Crippen LogP contribution in [0.3, 0.4) is 0 Å². The highest BCUT2D eigenvalue weighted by Crippen LogP contribution is 2.42. The van der Waals surface area contributed by atoms with E-state index in [0.29, 0.717) is 22.6 Å². The summed E-state index contributed by atoms with van der Waals surface area (Å²) in [6, 6.07) is 19.9. The van der Waals surface area contributed by atoms with E-state index in [2.05, 4.69) is 5.32 Å². The molecule has 9 heteroatoms. The molecule has 1 heterocycles. The SMILES string of the molecule is COc1ccc([C@@H]2[C@@H](C(=O)Nc3ccc(S(=O)(=O)N(C)C)cc3)c3ccccc3C(=O)N2C)cc1. The minimum absolute atomic E-state index is 0.130. The van der Waals surface area contributed by atoms with E-state index >= 15 is 0 Å². The Balaban J connectivity index is 1.71. The molecular formula is C26H27N3O5S. The Kier molecular flexibility index (Phi) is 6.64. The summed E-state index contributed by atoms with van der Waals surface area (Å²) in [5.41, 5.74) is 2.37.